The molecule has 0 spiro atoms. The van der Waals surface area contributed by atoms with E-state index in [1.165, 1.54) is 18.9 Å². The first kappa shape index (κ1) is 14.4. The van der Waals surface area contributed by atoms with Crippen molar-refractivity contribution in [3.05, 3.63) is 29.3 Å². The lowest BCUT2D eigenvalue weighted by atomic mass is 10.1. The average molecular weight is 276 g/mol. The summed E-state index contributed by atoms with van der Waals surface area (Å²) in [5.41, 5.74) is 1.29. The van der Waals surface area contributed by atoms with E-state index >= 15 is 0 Å². The Kier molecular flexibility index (Phi) is 4.27. The minimum absolute atomic E-state index is 0.130. The minimum atomic E-state index is -0.992. The molecule has 0 heterocycles. The lowest BCUT2D eigenvalue weighted by molar-refractivity contribution is 0.0696. The standard InChI is InChI=1S/C15H20N2O3/c1-9(8-11-6-7-11)16-15(20)17-13-5-3-4-12(10(13)2)14(18)19/h3-5,9,11H,6-8H2,1-2H3,(H,18,19)(H2,16,17,20). The molecule has 0 aromatic heterocycles. The van der Waals surface area contributed by atoms with Crippen LogP contribution in [0.1, 0.15) is 42.1 Å². The molecule has 0 bridgehead atoms. The van der Waals surface area contributed by atoms with Crippen LogP contribution in [0.15, 0.2) is 18.2 Å². The second kappa shape index (κ2) is 5.94. The van der Waals surface area contributed by atoms with Gasteiger partial charge in [-0.05, 0) is 43.9 Å². The van der Waals surface area contributed by atoms with Gasteiger partial charge >= 0.3 is 12.0 Å². The zero-order valence-electron chi connectivity index (χ0n) is 11.8. The van der Waals surface area contributed by atoms with Crippen LogP contribution in [-0.2, 0) is 0 Å². The SMILES string of the molecule is Cc1c(NC(=O)NC(C)CC2CC2)cccc1C(=O)O. The third kappa shape index (κ3) is 3.73. The van der Waals surface area contributed by atoms with Crippen molar-refractivity contribution in [1.82, 2.24) is 5.32 Å². The van der Waals surface area contributed by atoms with Crippen molar-refractivity contribution >= 4 is 17.7 Å². The summed E-state index contributed by atoms with van der Waals surface area (Å²) in [6, 6.07) is 4.69. The van der Waals surface area contributed by atoms with Crippen molar-refractivity contribution in [2.75, 3.05) is 5.32 Å². The molecule has 1 aliphatic carbocycles. The first-order chi connectivity index (χ1) is 9.47. The first-order valence-electron chi connectivity index (χ1n) is 6.87. The number of carbonyl (C=O) groups is 2. The van der Waals surface area contributed by atoms with Crippen LogP contribution in [0.4, 0.5) is 10.5 Å². The van der Waals surface area contributed by atoms with Gasteiger partial charge in [0.2, 0.25) is 0 Å². The largest absolute Gasteiger partial charge is 0.478 e. The van der Waals surface area contributed by atoms with E-state index in [9.17, 15) is 9.59 Å². The fourth-order valence-corrected chi connectivity index (χ4v) is 2.30. The molecule has 0 saturated heterocycles. The van der Waals surface area contributed by atoms with Crippen molar-refractivity contribution in [1.29, 1.82) is 0 Å². The van der Waals surface area contributed by atoms with Crippen molar-refractivity contribution in [3.63, 3.8) is 0 Å². The summed E-state index contributed by atoms with van der Waals surface area (Å²) in [5.74, 6) is -0.240. The van der Waals surface area contributed by atoms with Crippen LogP contribution in [0.3, 0.4) is 0 Å². The molecular weight excluding hydrogens is 256 g/mol. The molecule has 1 atom stereocenters. The second-order valence-electron chi connectivity index (χ2n) is 5.46. The van der Waals surface area contributed by atoms with Crippen LogP contribution in [0.5, 0.6) is 0 Å². The number of rotatable bonds is 5. The summed E-state index contributed by atoms with van der Waals surface area (Å²) in [6.45, 7) is 3.67. The number of hydrogen-bond donors (Lipinski definition) is 3. The predicted molar refractivity (Wildman–Crippen MR) is 77.1 cm³/mol. The molecule has 5 nitrogen and oxygen atoms in total. The number of urea groups is 1. The average Bonchev–Trinajstić information content (AvgIpc) is 3.14. The number of benzene rings is 1. The normalized spacial score (nSPS) is 15.5. The Morgan fingerprint density at radius 3 is 2.70 bits per heavy atom. The van der Waals surface area contributed by atoms with Crippen LogP contribution >= 0.6 is 0 Å². The summed E-state index contributed by atoms with van der Waals surface area (Å²) in [7, 11) is 0. The van der Waals surface area contributed by atoms with E-state index in [0.717, 1.165) is 12.3 Å². The van der Waals surface area contributed by atoms with E-state index in [0.29, 0.717) is 11.3 Å². The molecule has 1 aliphatic rings. The Bertz CT molecular complexity index is 524. The van der Waals surface area contributed by atoms with E-state index in [-0.39, 0.29) is 17.6 Å². The van der Waals surface area contributed by atoms with Gasteiger partial charge in [-0.3, -0.25) is 0 Å². The molecule has 0 radical (unpaired) electrons. The van der Waals surface area contributed by atoms with Crippen molar-refractivity contribution in [3.8, 4) is 0 Å². The Balaban J connectivity index is 1.96. The maximum Gasteiger partial charge on any atom is 0.336 e. The topological polar surface area (TPSA) is 78.4 Å². The lowest BCUT2D eigenvalue weighted by Crippen LogP contribution is -2.36. The number of amides is 2. The highest BCUT2D eigenvalue weighted by atomic mass is 16.4. The molecule has 0 aliphatic heterocycles. The molecule has 1 aromatic rings. The summed E-state index contributed by atoms with van der Waals surface area (Å²) < 4.78 is 0. The van der Waals surface area contributed by atoms with E-state index in [1.54, 1.807) is 19.1 Å². The van der Waals surface area contributed by atoms with Gasteiger partial charge in [-0.15, -0.1) is 0 Å². The summed E-state index contributed by atoms with van der Waals surface area (Å²) in [5, 5.41) is 14.6. The Morgan fingerprint density at radius 1 is 1.40 bits per heavy atom. The Morgan fingerprint density at radius 2 is 2.10 bits per heavy atom. The molecular formula is C15H20N2O3. The molecule has 20 heavy (non-hydrogen) atoms. The van der Waals surface area contributed by atoms with Crippen molar-refractivity contribution in [2.24, 2.45) is 5.92 Å². The van der Waals surface area contributed by atoms with Crippen molar-refractivity contribution < 1.29 is 14.7 Å². The number of carboxylic acid groups (broad SMARTS) is 1. The third-order valence-electron chi connectivity index (χ3n) is 3.57. The van der Waals surface area contributed by atoms with Crippen LogP contribution in [-0.4, -0.2) is 23.1 Å². The van der Waals surface area contributed by atoms with E-state index in [2.05, 4.69) is 10.6 Å². The zero-order chi connectivity index (χ0) is 14.7. The highest BCUT2D eigenvalue weighted by Gasteiger charge is 2.24. The maximum atomic E-state index is 11.9. The number of hydrogen-bond acceptors (Lipinski definition) is 2. The van der Waals surface area contributed by atoms with Gasteiger partial charge in [-0.25, -0.2) is 9.59 Å². The van der Waals surface area contributed by atoms with Gasteiger partial charge in [0.1, 0.15) is 0 Å². The summed E-state index contributed by atoms with van der Waals surface area (Å²) in [6.07, 6.45) is 3.52. The maximum absolute atomic E-state index is 11.9. The molecule has 1 unspecified atom stereocenters. The van der Waals surface area contributed by atoms with Gasteiger partial charge in [-0.2, -0.15) is 0 Å². The fraction of sp³-hybridized carbons (Fsp3) is 0.467. The molecule has 5 heteroatoms. The summed E-state index contributed by atoms with van der Waals surface area (Å²) in [4.78, 5) is 22.9. The predicted octanol–water partition coefficient (Wildman–Crippen LogP) is 3.00. The van der Waals surface area contributed by atoms with Gasteiger partial charge in [0.15, 0.2) is 0 Å². The van der Waals surface area contributed by atoms with Crippen LogP contribution in [0.25, 0.3) is 0 Å². The molecule has 108 valence electrons. The quantitative estimate of drug-likeness (QED) is 0.773. The van der Waals surface area contributed by atoms with Gasteiger partial charge < -0.3 is 15.7 Å². The number of nitrogens with one attached hydrogen (secondary N) is 2. The fourth-order valence-electron chi connectivity index (χ4n) is 2.30. The lowest BCUT2D eigenvalue weighted by Gasteiger charge is -2.15. The number of anilines is 1. The molecule has 1 fully saturated rings. The molecule has 1 saturated carbocycles. The molecule has 2 rings (SSSR count). The van der Waals surface area contributed by atoms with Gasteiger partial charge in [0, 0.05) is 11.7 Å². The van der Waals surface area contributed by atoms with Crippen molar-refractivity contribution in [2.45, 2.75) is 39.2 Å². The first-order valence-corrected chi connectivity index (χ1v) is 6.87. The minimum Gasteiger partial charge on any atom is -0.478 e. The Labute approximate surface area is 118 Å². The van der Waals surface area contributed by atoms with E-state index in [1.807, 2.05) is 6.92 Å². The highest BCUT2D eigenvalue weighted by molar-refractivity contribution is 5.95. The number of carbonyl (C=O) groups excluding carboxylic acids is 1. The van der Waals surface area contributed by atoms with Gasteiger partial charge in [0.05, 0.1) is 5.56 Å². The van der Waals surface area contributed by atoms with Gasteiger partial charge in [0.25, 0.3) is 0 Å². The van der Waals surface area contributed by atoms with E-state index in [4.69, 9.17) is 5.11 Å². The summed E-state index contributed by atoms with van der Waals surface area (Å²) >= 11 is 0. The van der Waals surface area contributed by atoms with Gasteiger partial charge in [-0.1, -0.05) is 18.9 Å². The number of carboxylic acids is 1. The highest BCUT2D eigenvalue weighted by Crippen LogP contribution is 2.33. The smallest absolute Gasteiger partial charge is 0.336 e. The number of aromatic carboxylic acids is 1. The Hall–Kier alpha value is -2.04. The molecule has 1 aromatic carbocycles. The monoisotopic (exact) mass is 276 g/mol. The third-order valence-corrected chi connectivity index (χ3v) is 3.57. The van der Waals surface area contributed by atoms with Crippen LogP contribution in [0.2, 0.25) is 0 Å². The zero-order valence-corrected chi connectivity index (χ0v) is 11.8. The molecule has 3 N–H and O–H groups in total. The van der Waals surface area contributed by atoms with Crippen LogP contribution < -0.4 is 10.6 Å². The second-order valence-corrected chi connectivity index (χ2v) is 5.46. The van der Waals surface area contributed by atoms with Crippen LogP contribution in [0, 0.1) is 12.8 Å². The molecule has 2 amide bonds. The van der Waals surface area contributed by atoms with E-state index < -0.39 is 5.97 Å².